The zero-order chi connectivity index (χ0) is 14.3. The van der Waals surface area contributed by atoms with Crippen molar-refractivity contribution < 1.29 is 0 Å². The Hall–Kier alpha value is -1.31. The van der Waals surface area contributed by atoms with Crippen LogP contribution in [-0.2, 0) is 0 Å². The van der Waals surface area contributed by atoms with Crippen molar-refractivity contribution in [2.45, 2.75) is 60.3 Å². The molecule has 1 aromatic carbocycles. The van der Waals surface area contributed by atoms with E-state index in [1.54, 1.807) is 0 Å². The predicted octanol–water partition coefficient (Wildman–Crippen LogP) is 4.81. The number of nitrogens with one attached hydrogen (secondary N) is 1. The fourth-order valence-electron chi connectivity index (χ4n) is 2.24. The number of hydrogen-bond acceptors (Lipinski definition) is 2. The molecule has 1 aromatic rings. The predicted molar refractivity (Wildman–Crippen MR) is 82.9 cm³/mol. The Labute approximate surface area is 112 Å². The molecule has 0 bridgehead atoms. The largest absolute Gasteiger partial charge is 0.398 e. The molecule has 3 N–H and O–H groups in total. The summed E-state index contributed by atoms with van der Waals surface area (Å²) in [7, 11) is 0. The van der Waals surface area contributed by atoms with Gasteiger partial charge in [-0.1, -0.05) is 27.7 Å². The second-order valence-corrected chi connectivity index (χ2v) is 4.15. The summed E-state index contributed by atoms with van der Waals surface area (Å²) in [6.45, 7) is 12.2. The van der Waals surface area contributed by atoms with Gasteiger partial charge in [-0.05, 0) is 55.4 Å². The molecule has 2 rings (SSSR count). The first-order chi connectivity index (χ1) is 8.65. The van der Waals surface area contributed by atoms with E-state index in [0.29, 0.717) is 0 Å². The molecular weight excluding hydrogens is 220 g/mol. The Kier molecular flexibility index (Phi) is 7.33. The first-order valence-corrected chi connectivity index (χ1v) is 7.05. The lowest BCUT2D eigenvalue weighted by Crippen LogP contribution is -2.02. The second-order valence-electron chi connectivity index (χ2n) is 4.15. The quantitative estimate of drug-likeness (QED) is 0.572. The molecule has 1 aliphatic carbocycles. The van der Waals surface area contributed by atoms with Crippen LogP contribution in [0.25, 0.3) is 0 Å². The first-order valence-electron chi connectivity index (χ1n) is 7.05. The number of nitrogen functional groups attached to an aromatic ring is 1. The van der Waals surface area contributed by atoms with E-state index in [4.69, 9.17) is 11.1 Å². The van der Waals surface area contributed by atoms with Gasteiger partial charge in [0.2, 0.25) is 0 Å². The summed E-state index contributed by atoms with van der Waals surface area (Å²) in [5, 5.41) is 7.35. The van der Waals surface area contributed by atoms with E-state index in [2.05, 4.69) is 13.8 Å². The molecular formula is C16H28N2. The number of benzene rings is 1. The van der Waals surface area contributed by atoms with Crippen molar-refractivity contribution in [1.29, 1.82) is 5.41 Å². The molecule has 0 amide bonds. The minimum atomic E-state index is 0.731. The molecule has 1 aliphatic rings. The Balaban J connectivity index is 0.000000659. The molecule has 0 aliphatic heterocycles. The smallest absolute Gasteiger partial charge is 0.0408 e. The van der Waals surface area contributed by atoms with Crippen LogP contribution in [0.2, 0.25) is 0 Å². The van der Waals surface area contributed by atoms with Gasteiger partial charge in [0.25, 0.3) is 0 Å². The van der Waals surface area contributed by atoms with Crippen LogP contribution < -0.4 is 5.73 Å². The Morgan fingerprint density at radius 3 is 2.06 bits per heavy atom. The number of rotatable bonds is 2. The summed E-state index contributed by atoms with van der Waals surface area (Å²) in [4.78, 5) is 0. The maximum atomic E-state index is 7.35. The molecule has 2 heteroatoms. The van der Waals surface area contributed by atoms with Crippen molar-refractivity contribution in [3.8, 4) is 0 Å². The van der Waals surface area contributed by atoms with Gasteiger partial charge in [-0.2, -0.15) is 0 Å². The molecule has 0 radical (unpaired) electrons. The Morgan fingerprint density at radius 2 is 1.67 bits per heavy atom. The van der Waals surface area contributed by atoms with Gasteiger partial charge in [0.05, 0.1) is 0 Å². The average molecular weight is 248 g/mol. The average Bonchev–Trinajstić information content (AvgIpc) is 3.19. The monoisotopic (exact) mass is 248 g/mol. The SMILES string of the molecule is CC.CC.Cc1cc(N)c(C=N)c(C)c1C1CC1. The van der Waals surface area contributed by atoms with Crippen molar-refractivity contribution in [3.63, 3.8) is 0 Å². The van der Waals surface area contributed by atoms with Gasteiger partial charge in [0, 0.05) is 17.5 Å². The molecule has 18 heavy (non-hydrogen) atoms. The fraction of sp³-hybridized carbons (Fsp3) is 0.562. The number of anilines is 1. The van der Waals surface area contributed by atoms with Crippen LogP contribution >= 0.6 is 0 Å². The third kappa shape index (κ3) is 3.59. The molecule has 0 aromatic heterocycles. The standard InChI is InChI=1S/C12H16N2.2C2H6/c1-7-5-11(14)10(6-13)8(2)12(7)9-3-4-9;2*1-2/h5-6,9,13H,3-4,14H2,1-2H3;2*1-2H3. The van der Waals surface area contributed by atoms with E-state index in [1.807, 2.05) is 33.8 Å². The van der Waals surface area contributed by atoms with Crippen LogP contribution in [0, 0.1) is 19.3 Å². The maximum Gasteiger partial charge on any atom is 0.0408 e. The topological polar surface area (TPSA) is 49.9 Å². The third-order valence-corrected chi connectivity index (χ3v) is 3.05. The van der Waals surface area contributed by atoms with E-state index in [1.165, 1.54) is 35.7 Å². The number of hydrogen-bond donors (Lipinski definition) is 2. The number of aryl methyl sites for hydroxylation is 1. The lowest BCUT2D eigenvalue weighted by Gasteiger charge is -2.13. The van der Waals surface area contributed by atoms with Gasteiger partial charge in [-0.15, -0.1) is 0 Å². The van der Waals surface area contributed by atoms with Crippen LogP contribution in [0.4, 0.5) is 5.69 Å². The van der Waals surface area contributed by atoms with E-state index in [0.717, 1.165) is 17.2 Å². The van der Waals surface area contributed by atoms with E-state index in [9.17, 15) is 0 Å². The van der Waals surface area contributed by atoms with Gasteiger partial charge in [-0.3, -0.25) is 0 Å². The summed E-state index contributed by atoms with van der Waals surface area (Å²) in [5.41, 5.74) is 11.4. The van der Waals surface area contributed by atoms with E-state index in [-0.39, 0.29) is 0 Å². The summed E-state index contributed by atoms with van der Waals surface area (Å²) in [5.74, 6) is 0.731. The summed E-state index contributed by atoms with van der Waals surface area (Å²) in [6.07, 6.45) is 3.96. The minimum Gasteiger partial charge on any atom is -0.398 e. The highest BCUT2D eigenvalue weighted by Crippen LogP contribution is 2.44. The van der Waals surface area contributed by atoms with Gasteiger partial charge in [0.1, 0.15) is 0 Å². The molecule has 1 saturated carbocycles. The van der Waals surface area contributed by atoms with Gasteiger partial charge < -0.3 is 11.1 Å². The normalized spacial score (nSPS) is 12.8. The highest BCUT2D eigenvalue weighted by Gasteiger charge is 2.27. The summed E-state index contributed by atoms with van der Waals surface area (Å²) >= 11 is 0. The molecule has 102 valence electrons. The maximum absolute atomic E-state index is 7.35. The highest BCUT2D eigenvalue weighted by atomic mass is 14.6. The molecule has 0 unspecified atom stereocenters. The Bertz CT molecular complexity index is 391. The van der Waals surface area contributed by atoms with Crippen LogP contribution in [0.5, 0.6) is 0 Å². The lowest BCUT2D eigenvalue weighted by molar-refractivity contribution is 1.07. The van der Waals surface area contributed by atoms with Crippen LogP contribution in [0.1, 0.15) is 68.7 Å². The van der Waals surface area contributed by atoms with Crippen LogP contribution in [0.3, 0.4) is 0 Å². The van der Waals surface area contributed by atoms with Crippen LogP contribution in [0.15, 0.2) is 6.07 Å². The van der Waals surface area contributed by atoms with Crippen molar-refractivity contribution >= 4 is 11.9 Å². The molecule has 0 heterocycles. The lowest BCUT2D eigenvalue weighted by atomic mass is 9.93. The number of nitrogens with two attached hydrogens (primary N) is 1. The molecule has 2 nitrogen and oxygen atoms in total. The van der Waals surface area contributed by atoms with E-state index >= 15 is 0 Å². The summed E-state index contributed by atoms with van der Waals surface area (Å²) < 4.78 is 0. The highest BCUT2D eigenvalue weighted by molar-refractivity contribution is 5.88. The van der Waals surface area contributed by atoms with E-state index < -0.39 is 0 Å². The molecule has 0 atom stereocenters. The fourth-order valence-corrected chi connectivity index (χ4v) is 2.24. The van der Waals surface area contributed by atoms with Gasteiger partial charge in [0.15, 0.2) is 0 Å². The van der Waals surface area contributed by atoms with Crippen molar-refractivity contribution in [2.75, 3.05) is 5.73 Å². The molecule has 0 spiro atoms. The first kappa shape index (κ1) is 16.7. The van der Waals surface area contributed by atoms with Gasteiger partial charge in [-0.25, -0.2) is 0 Å². The third-order valence-electron chi connectivity index (χ3n) is 3.05. The van der Waals surface area contributed by atoms with Crippen molar-refractivity contribution in [1.82, 2.24) is 0 Å². The second kappa shape index (κ2) is 7.91. The van der Waals surface area contributed by atoms with Crippen molar-refractivity contribution in [3.05, 3.63) is 28.3 Å². The zero-order valence-corrected chi connectivity index (χ0v) is 12.7. The molecule has 1 fully saturated rings. The zero-order valence-electron chi connectivity index (χ0n) is 12.7. The summed E-state index contributed by atoms with van der Waals surface area (Å²) in [6, 6.07) is 2.00. The Morgan fingerprint density at radius 1 is 1.17 bits per heavy atom. The molecule has 0 saturated heterocycles. The van der Waals surface area contributed by atoms with Crippen molar-refractivity contribution in [2.24, 2.45) is 0 Å². The van der Waals surface area contributed by atoms with Crippen LogP contribution in [-0.4, -0.2) is 6.21 Å². The minimum absolute atomic E-state index is 0.731. The van der Waals surface area contributed by atoms with Gasteiger partial charge >= 0.3 is 0 Å².